The Balaban J connectivity index is 1.40. The van der Waals surface area contributed by atoms with Gasteiger partial charge in [-0.05, 0) is 55.6 Å². The third-order valence-electron chi connectivity index (χ3n) is 6.85. The van der Waals surface area contributed by atoms with Crippen molar-refractivity contribution < 1.29 is 4.74 Å². The molecule has 0 aromatic carbocycles. The third kappa shape index (κ3) is 3.44. The van der Waals surface area contributed by atoms with Gasteiger partial charge in [0.05, 0.1) is 6.61 Å². The zero-order valence-electron chi connectivity index (χ0n) is 15.1. The lowest BCUT2D eigenvalue weighted by Crippen LogP contribution is -2.48. The van der Waals surface area contributed by atoms with Gasteiger partial charge < -0.3 is 9.64 Å². The first-order valence-electron chi connectivity index (χ1n) is 9.77. The number of methoxy groups -OCH3 is 1. The SMILES string of the molecule is COC[C@@H]1CN(Cc2cccs2)CC12CCN(C1CCCC1)CC2. The number of hydrogen-bond acceptors (Lipinski definition) is 4. The van der Waals surface area contributed by atoms with Crippen LogP contribution >= 0.6 is 11.3 Å². The zero-order valence-corrected chi connectivity index (χ0v) is 15.9. The highest BCUT2D eigenvalue weighted by Gasteiger charge is 2.48. The normalized spacial score (nSPS) is 29.0. The van der Waals surface area contributed by atoms with Gasteiger partial charge >= 0.3 is 0 Å². The van der Waals surface area contributed by atoms with Crippen molar-refractivity contribution in [1.29, 1.82) is 0 Å². The summed E-state index contributed by atoms with van der Waals surface area (Å²) in [6, 6.07) is 5.36. The molecule has 2 aliphatic heterocycles. The van der Waals surface area contributed by atoms with Gasteiger partial charge in [-0.2, -0.15) is 0 Å². The van der Waals surface area contributed by atoms with Crippen LogP contribution in [0.3, 0.4) is 0 Å². The molecule has 0 unspecified atom stereocenters. The summed E-state index contributed by atoms with van der Waals surface area (Å²) < 4.78 is 5.63. The fraction of sp³-hybridized carbons (Fsp3) is 0.800. The summed E-state index contributed by atoms with van der Waals surface area (Å²) in [6.45, 7) is 7.19. The summed E-state index contributed by atoms with van der Waals surface area (Å²) in [5.74, 6) is 0.716. The van der Waals surface area contributed by atoms with Gasteiger partial charge in [-0.3, -0.25) is 4.90 Å². The minimum Gasteiger partial charge on any atom is -0.384 e. The van der Waals surface area contributed by atoms with E-state index in [4.69, 9.17) is 4.74 Å². The van der Waals surface area contributed by atoms with E-state index in [1.165, 1.54) is 69.6 Å². The maximum atomic E-state index is 5.63. The molecule has 1 atom stereocenters. The molecule has 4 rings (SSSR count). The first-order valence-corrected chi connectivity index (χ1v) is 10.6. The van der Waals surface area contributed by atoms with E-state index in [2.05, 4.69) is 27.3 Å². The molecule has 4 heteroatoms. The van der Waals surface area contributed by atoms with Crippen LogP contribution in [0.4, 0.5) is 0 Å². The van der Waals surface area contributed by atoms with Gasteiger partial charge in [0.1, 0.15) is 0 Å². The molecule has 3 nitrogen and oxygen atoms in total. The Morgan fingerprint density at radius 3 is 2.71 bits per heavy atom. The van der Waals surface area contributed by atoms with Crippen LogP contribution in [0.1, 0.15) is 43.4 Å². The maximum Gasteiger partial charge on any atom is 0.0508 e. The smallest absolute Gasteiger partial charge is 0.0508 e. The van der Waals surface area contributed by atoms with Crippen LogP contribution in [0.5, 0.6) is 0 Å². The number of hydrogen-bond donors (Lipinski definition) is 0. The second-order valence-electron chi connectivity index (χ2n) is 8.24. The summed E-state index contributed by atoms with van der Waals surface area (Å²) in [6.07, 6.45) is 8.54. The van der Waals surface area contributed by atoms with Gasteiger partial charge in [0.25, 0.3) is 0 Å². The first kappa shape index (κ1) is 17.0. The summed E-state index contributed by atoms with van der Waals surface area (Å²) in [5.41, 5.74) is 0.502. The number of ether oxygens (including phenoxy) is 1. The van der Waals surface area contributed by atoms with E-state index >= 15 is 0 Å². The van der Waals surface area contributed by atoms with Crippen LogP contribution in [-0.2, 0) is 11.3 Å². The van der Waals surface area contributed by atoms with Crippen molar-refractivity contribution >= 4 is 11.3 Å². The minimum absolute atomic E-state index is 0.502. The van der Waals surface area contributed by atoms with Gasteiger partial charge in [0.15, 0.2) is 0 Å². The quantitative estimate of drug-likeness (QED) is 0.804. The highest BCUT2D eigenvalue weighted by molar-refractivity contribution is 7.09. The molecule has 3 fully saturated rings. The molecule has 24 heavy (non-hydrogen) atoms. The largest absolute Gasteiger partial charge is 0.384 e. The Labute approximate surface area is 151 Å². The Bertz CT molecular complexity index is 504. The van der Waals surface area contributed by atoms with Crippen LogP contribution in [0.15, 0.2) is 17.5 Å². The van der Waals surface area contributed by atoms with Gasteiger partial charge in [0, 0.05) is 43.6 Å². The molecule has 0 amide bonds. The summed E-state index contributed by atoms with van der Waals surface area (Å²) in [4.78, 5) is 7.01. The highest BCUT2D eigenvalue weighted by atomic mass is 32.1. The average Bonchev–Trinajstić information content (AvgIpc) is 3.33. The number of nitrogens with zero attached hydrogens (tertiary/aromatic N) is 2. The second kappa shape index (κ2) is 7.45. The fourth-order valence-corrected chi connectivity index (χ4v) is 6.23. The standard InChI is InChI=1S/C20H32N2OS/c1-23-15-17-13-21(14-19-7-4-12-24-19)16-20(17)8-10-22(11-9-20)18-5-2-3-6-18/h4,7,12,17-18H,2-3,5-6,8-11,13-16H2,1H3/t17-/m0/s1. The van der Waals surface area contributed by atoms with E-state index in [1.54, 1.807) is 0 Å². The Hall–Kier alpha value is -0.420. The van der Waals surface area contributed by atoms with Crippen molar-refractivity contribution in [1.82, 2.24) is 9.80 Å². The molecule has 134 valence electrons. The molecular formula is C20H32N2OS. The predicted molar refractivity (Wildman–Crippen MR) is 100 cm³/mol. The number of likely N-dealkylation sites (tertiary alicyclic amines) is 2. The van der Waals surface area contributed by atoms with Crippen molar-refractivity contribution in [3.63, 3.8) is 0 Å². The molecular weight excluding hydrogens is 316 g/mol. The summed E-state index contributed by atoms with van der Waals surface area (Å²) >= 11 is 1.90. The van der Waals surface area contributed by atoms with Gasteiger partial charge in [-0.15, -0.1) is 11.3 Å². The Kier molecular flexibility index (Phi) is 5.28. The van der Waals surface area contributed by atoms with Crippen molar-refractivity contribution in [3.05, 3.63) is 22.4 Å². The van der Waals surface area contributed by atoms with Crippen molar-refractivity contribution in [2.75, 3.05) is 39.9 Å². The molecule has 1 aromatic rings. The average molecular weight is 349 g/mol. The van der Waals surface area contributed by atoms with Crippen LogP contribution in [0.2, 0.25) is 0 Å². The van der Waals surface area contributed by atoms with E-state index < -0.39 is 0 Å². The van der Waals surface area contributed by atoms with Gasteiger partial charge in [0.2, 0.25) is 0 Å². The second-order valence-corrected chi connectivity index (χ2v) is 9.27. The number of piperidine rings is 1. The molecule has 0 bridgehead atoms. The van der Waals surface area contributed by atoms with E-state index in [0.29, 0.717) is 11.3 Å². The molecule has 2 saturated heterocycles. The minimum atomic E-state index is 0.502. The number of rotatable bonds is 5. The molecule has 0 radical (unpaired) electrons. The Morgan fingerprint density at radius 1 is 1.25 bits per heavy atom. The highest BCUT2D eigenvalue weighted by Crippen LogP contribution is 2.46. The molecule has 3 heterocycles. The van der Waals surface area contributed by atoms with Gasteiger partial charge in [-0.25, -0.2) is 0 Å². The van der Waals surface area contributed by atoms with E-state index in [0.717, 1.165) is 19.2 Å². The maximum absolute atomic E-state index is 5.63. The lowest BCUT2D eigenvalue weighted by molar-refractivity contribution is 0.0239. The van der Waals surface area contributed by atoms with E-state index in [1.807, 2.05) is 18.4 Å². The van der Waals surface area contributed by atoms with Gasteiger partial charge in [-0.1, -0.05) is 18.9 Å². The molecule has 0 N–H and O–H groups in total. The molecule has 1 aromatic heterocycles. The van der Waals surface area contributed by atoms with Crippen LogP contribution in [0, 0.1) is 11.3 Å². The van der Waals surface area contributed by atoms with Crippen molar-refractivity contribution in [3.8, 4) is 0 Å². The van der Waals surface area contributed by atoms with Crippen molar-refractivity contribution in [2.24, 2.45) is 11.3 Å². The zero-order chi connectivity index (χ0) is 16.4. The number of thiophene rings is 1. The van der Waals surface area contributed by atoms with E-state index in [-0.39, 0.29) is 0 Å². The predicted octanol–water partition coefficient (Wildman–Crippen LogP) is 3.85. The van der Waals surface area contributed by atoms with E-state index in [9.17, 15) is 0 Å². The first-order chi connectivity index (χ1) is 11.8. The molecule has 3 aliphatic rings. The fourth-order valence-electron chi connectivity index (χ4n) is 5.49. The van der Waals surface area contributed by atoms with Crippen LogP contribution < -0.4 is 0 Å². The van der Waals surface area contributed by atoms with Crippen molar-refractivity contribution in [2.45, 2.75) is 51.1 Å². The molecule has 1 aliphatic carbocycles. The monoisotopic (exact) mass is 348 g/mol. The van der Waals surface area contributed by atoms with Crippen LogP contribution in [0.25, 0.3) is 0 Å². The molecule has 1 saturated carbocycles. The summed E-state index contributed by atoms with van der Waals surface area (Å²) in [5, 5.41) is 2.20. The lowest BCUT2D eigenvalue weighted by Gasteiger charge is -2.44. The summed E-state index contributed by atoms with van der Waals surface area (Å²) in [7, 11) is 1.88. The molecule has 1 spiro atoms. The Morgan fingerprint density at radius 2 is 2.04 bits per heavy atom. The third-order valence-corrected chi connectivity index (χ3v) is 7.71. The lowest BCUT2D eigenvalue weighted by atomic mass is 9.71. The van der Waals surface area contributed by atoms with Crippen LogP contribution in [-0.4, -0.2) is 55.7 Å². The topological polar surface area (TPSA) is 15.7 Å².